The number of hydrogen-bond acceptors (Lipinski definition) is 2. The summed E-state index contributed by atoms with van der Waals surface area (Å²) in [7, 11) is 0. The van der Waals surface area contributed by atoms with Crippen molar-refractivity contribution in [2.45, 2.75) is 27.3 Å². The van der Waals surface area contributed by atoms with E-state index in [1.54, 1.807) is 17.0 Å². The van der Waals surface area contributed by atoms with Gasteiger partial charge in [-0.05, 0) is 32.9 Å². The SMILES string of the molecule is CCN(Cc1ccc(C#N)cc1F)C(=O)C=C(C)C. The minimum Gasteiger partial charge on any atom is -0.335 e. The number of nitrogens with zero attached hydrogens (tertiary/aromatic N) is 2. The van der Waals surface area contributed by atoms with Gasteiger partial charge in [0.05, 0.1) is 11.6 Å². The molecule has 0 bridgehead atoms. The van der Waals surface area contributed by atoms with Gasteiger partial charge in [-0.1, -0.05) is 11.6 Å². The van der Waals surface area contributed by atoms with Gasteiger partial charge in [0.1, 0.15) is 5.82 Å². The molecule has 0 fully saturated rings. The van der Waals surface area contributed by atoms with Crippen LogP contribution in [0.2, 0.25) is 0 Å². The fourth-order valence-electron chi connectivity index (χ4n) is 1.63. The van der Waals surface area contributed by atoms with Gasteiger partial charge >= 0.3 is 0 Å². The van der Waals surface area contributed by atoms with Crippen LogP contribution in [0.3, 0.4) is 0 Å². The smallest absolute Gasteiger partial charge is 0.246 e. The Morgan fingerprint density at radius 2 is 2.16 bits per heavy atom. The van der Waals surface area contributed by atoms with Gasteiger partial charge < -0.3 is 4.90 Å². The van der Waals surface area contributed by atoms with E-state index in [1.165, 1.54) is 12.1 Å². The summed E-state index contributed by atoms with van der Waals surface area (Å²) in [4.78, 5) is 13.5. The van der Waals surface area contributed by atoms with E-state index < -0.39 is 5.82 Å². The van der Waals surface area contributed by atoms with Crippen LogP contribution in [-0.4, -0.2) is 17.4 Å². The van der Waals surface area contributed by atoms with Crippen molar-refractivity contribution in [3.05, 3.63) is 46.8 Å². The number of hydrogen-bond donors (Lipinski definition) is 0. The van der Waals surface area contributed by atoms with Crippen LogP contribution < -0.4 is 0 Å². The highest BCUT2D eigenvalue weighted by atomic mass is 19.1. The Morgan fingerprint density at radius 1 is 1.47 bits per heavy atom. The Morgan fingerprint density at radius 3 is 2.63 bits per heavy atom. The molecule has 0 radical (unpaired) electrons. The molecule has 19 heavy (non-hydrogen) atoms. The fraction of sp³-hybridized carbons (Fsp3) is 0.333. The number of likely N-dealkylation sites (N-methyl/N-ethyl adjacent to an activating group) is 1. The predicted octanol–water partition coefficient (Wildman–Crippen LogP) is 3.01. The number of rotatable bonds is 4. The van der Waals surface area contributed by atoms with Crippen LogP contribution >= 0.6 is 0 Å². The van der Waals surface area contributed by atoms with Gasteiger partial charge in [0.2, 0.25) is 5.91 Å². The molecule has 0 saturated carbocycles. The van der Waals surface area contributed by atoms with Crippen molar-refractivity contribution < 1.29 is 9.18 Å². The summed E-state index contributed by atoms with van der Waals surface area (Å²) < 4.78 is 13.8. The molecule has 0 atom stereocenters. The summed E-state index contributed by atoms with van der Waals surface area (Å²) in [6, 6.07) is 6.17. The molecule has 0 aliphatic rings. The quantitative estimate of drug-likeness (QED) is 0.781. The average Bonchev–Trinajstić information content (AvgIpc) is 2.36. The third-order valence-electron chi connectivity index (χ3n) is 2.65. The van der Waals surface area contributed by atoms with Gasteiger partial charge in [0.25, 0.3) is 0 Å². The number of allylic oxidation sites excluding steroid dienone is 1. The highest BCUT2D eigenvalue weighted by molar-refractivity contribution is 5.88. The number of amides is 1. The molecule has 0 saturated heterocycles. The van der Waals surface area contributed by atoms with Crippen molar-refractivity contribution in [3.63, 3.8) is 0 Å². The van der Waals surface area contributed by atoms with E-state index in [9.17, 15) is 9.18 Å². The van der Waals surface area contributed by atoms with E-state index in [0.717, 1.165) is 5.57 Å². The lowest BCUT2D eigenvalue weighted by atomic mass is 10.1. The number of carbonyl (C=O) groups excluding carboxylic acids is 1. The molecular formula is C15H17FN2O. The van der Waals surface area contributed by atoms with Crippen LogP contribution in [0.1, 0.15) is 31.9 Å². The van der Waals surface area contributed by atoms with E-state index in [-0.39, 0.29) is 18.0 Å². The van der Waals surface area contributed by atoms with E-state index in [4.69, 9.17) is 5.26 Å². The molecule has 1 aromatic carbocycles. The van der Waals surface area contributed by atoms with Crippen LogP contribution in [0.25, 0.3) is 0 Å². The summed E-state index contributed by atoms with van der Waals surface area (Å²) in [5.41, 5.74) is 1.60. The Balaban J connectivity index is 2.91. The summed E-state index contributed by atoms with van der Waals surface area (Å²) in [5, 5.41) is 8.68. The van der Waals surface area contributed by atoms with Crippen LogP contribution in [0, 0.1) is 17.1 Å². The first kappa shape index (κ1) is 14.9. The second-order valence-electron chi connectivity index (χ2n) is 4.49. The summed E-state index contributed by atoms with van der Waals surface area (Å²) >= 11 is 0. The highest BCUT2D eigenvalue weighted by Crippen LogP contribution is 2.13. The lowest BCUT2D eigenvalue weighted by Gasteiger charge is -2.20. The van der Waals surface area contributed by atoms with Crippen molar-refractivity contribution in [1.82, 2.24) is 4.90 Å². The third-order valence-corrected chi connectivity index (χ3v) is 2.65. The third kappa shape index (κ3) is 4.22. The minimum absolute atomic E-state index is 0.133. The van der Waals surface area contributed by atoms with Gasteiger partial charge in [-0.15, -0.1) is 0 Å². The van der Waals surface area contributed by atoms with E-state index in [1.807, 2.05) is 26.8 Å². The van der Waals surface area contributed by atoms with Gasteiger partial charge in [0.15, 0.2) is 0 Å². The van der Waals surface area contributed by atoms with Gasteiger partial charge in [-0.3, -0.25) is 4.79 Å². The molecule has 3 nitrogen and oxygen atoms in total. The Labute approximate surface area is 113 Å². The molecular weight excluding hydrogens is 243 g/mol. The standard InChI is InChI=1S/C15H17FN2O/c1-4-18(15(19)7-11(2)3)10-13-6-5-12(9-17)8-14(13)16/h5-8H,4,10H2,1-3H3. The second-order valence-corrected chi connectivity index (χ2v) is 4.49. The number of carbonyl (C=O) groups is 1. The van der Waals surface area contributed by atoms with Crippen LogP contribution in [0.5, 0.6) is 0 Å². The number of benzene rings is 1. The molecule has 1 rings (SSSR count). The lowest BCUT2D eigenvalue weighted by molar-refractivity contribution is -0.126. The first-order chi connectivity index (χ1) is 8.97. The first-order valence-corrected chi connectivity index (χ1v) is 6.10. The Hall–Kier alpha value is -2.15. The molecule has 0 N–H and O–H groups in total. The molecule has 0 heterocycles. The Bertz CT molecular complexity index is 540. The monoisotopic (exact) mass is 260 g/mol. The van der Waals surface area contributed by atoms with Crippen molar-refractivity contribution in [2.24, 2.45) is 0 Å². The van der Waals surface area contributed by atoms with Crippen LogP contribution in [0.15, 0.2) is 29.8 Å². The van der Waals surface area contributed by atoms with Crippen molar-refractivity contribution in [3.8, 4) is 6.07 Å². The highest BCUT2D eigenvalue weighted by Gasteiger charge is 2.12. The molecule has 1 aromatic rings. The molecule has 100 valence electrons. The molecule has 0 aliphatic carbocycles. The molecule has 4 heteroatoms. The van der Waals surface area contributed by atoms with Gasteiger partial charge in [-0.2, -0.15) is 5.26 Å². The Kier molecular flexibility index (Phi) is 5.25. The predicted molar refractivity (Wildman–Crippen MR) is 71.6 cm³/mol. The maximum atomic E-state index is 13.8. The van der Waals surface area contributed by atoms with Crippen molar-refractivity contribution in [2.75, 3.05) is 6.54 Å². The molecule has 0 spiro atoms. The largest absolute Gasteiger partial charge is 0.335 e. The normalized spacial score (nSPS) is 9.63. The number of halogens is 1. The maximum absolute atomic E-state index is 13.8. The zero-order valence-corrected chi connectivity index (χ0v) is 11.4. The fourth-order valence-corrected chi connectivity index (χ4v) is 1.63. The van der Waals surface area contributed by atoms with Crippen molar-refractivity contribution in [1.29, 1.82) is 5.26 Å². The zero-order valence-electron chi connectivity index (χ0n) is 11.4. The summed E-state index contributed by atoms with van der Waals surface area (Å²) in [5.74, 6) is -0.589. The zero-order chi connectivity index (χ0) is 14.4. The van der Waals surface area contributed by atoms with Crippen molar-refractivity contribution >= 4 is 5.91 Å². The summed E-state index contributed by atoms with van der Waals surface area (Å²) in [6.45, 7) is 6.24. The second kappa shape index (κ2) is 6.69. The van der Waals surface area contributed by atoms with E-state index in [2.05, 4.69) is 0 Å². The first-order valence-electron chi connectivity index (χ1n) is 6.10. The van der Waals surface area contributed by atoms with E-state index >= 15 is 0 Å². The molecule has 0 unspecified atom stereocenters. The molecule has 0 aliphatic heterocycles. The summed E-state index contributed by atoms with van der Waals surface area (Å²) in [6.07, 6.45) is 1.53. The topological polar surface area (TPSA) is 44.1 Å². The maximum Gasteiger partial charge on any atom is 0.246 e. The lowest BCUT2D eigenvalue weighted by Crippen LogP contribution is -2.29. The minimum atomic E-state index is -0.456. The molecule has 0 aromatic heterocycles. The van der Waals surface area contributed by atoms with Crippen LogP contribution in [0.4, 0.5) is 4.39 Å². The van der Waals surface area contributed by atoms with Crippen LogP contribution in [-0.2, 0) is 11.3 Å². The van der Waals surface area contributed by atoms with Gasteiger partial charge in [0, 0.05) is 24.7 Å². The number of nitriles is 1. The molecule has 1 amide bonds. The average molecular weight is 260 g/mol. The van der Waals surface area contributed by atoms with Gasteiger partial charge in [-0.25, -0.2) is 4.39 Å². The van der Waals surface area contributed by atoms with E-state index in [0.29, 0.717) is 12.1 Å².